The van der Waals surface area contributed by atoms with Gasteiger partial charge in [0.25, 0.3) is 5.09 Å². The maximum absolute atomic E-state index is 10.4. The largest absolute Gasteiger partial charge is 0.668 e. The van der Waals surface area contributed by atoms with Crippen LogP contribution in [0.5, 0.6) is 0 Å². The molecule has 0 aliphatic heterocycles. The van der Waals surface area contributed by atoms with Crippen molar-refractivity contribution in [3.8, 4) is 0 Å². The molecule has 0 spiro atoms. The minimum Gasteiger partial charge on any atom is -0.668 e. The fourth-order valence-electron chi connectivity index (χ4n) is 0.726. The standard InChI is InChI=1S/C7H16N2O.HNO3.Y/c1-6(7(9)10)4-2-3-5-8;2-1(3)4;/h6H,2-5,8H2,1H3,(H2,9,10);(H,2,3,4);/p-1. The molecule has 0 aromatic rings. The van der Waals surface area contributed by atoms with Crippen molar-refractivity contribution < 1.29 is 47.8 Å². The van der Waals surface area contributed by atoms with Gasteiger partial charge in [0.05, 0.1) is 5.91 Å². The summed E-state index contributed by atoms with van der Waals surface area (Å²) in [7, 11) is 0. The predicted octanol–water partition coefficient (Wildman–Crippen LogP) is 0.980. The van der Waals surface area contributed by atoms with Crippen LogP contribution >= 0.6 is 0 Å². The van der Waals surface area contributed by atoms with Crippen molar-refractivity contribution >= 4 is 5.91 Å². The van der Waals surface area contributed by atoms with Crippen LogP contribution in [0.3, 0.4) is 0 Å². The normalized spacial score (nSPS) is 10.3. The Bertz CT molecular complexity index is 176. The molecule has 0 bridgehead atoms. The summed E-state index contributed by atoms with van der Waals surface area (Å²) in [5.41, 5.74) is 12.0. The van der Waals surface area contributed by atoms with Gasteiger partial charge < -0.3 is 21.5 Å². The second-order valence-electron chi connectivity index (χ2n) is 2.79. The molecule has 1 unspecified atom stereocenters. The zero-order chi connectivity index (χ0) is 11.6. The van der Waals surface area contributed by atoms with Gasteiger partial charge in [-0.25, -0.2) is 0 Å². The monoisotopic (exact) mass is 295 g/mol. The van der Waals surface area contributed by atoms with Crippen LogP contribution in [0.25, 0.3) is 5.73 Å². The van der Waals surface area contributed by atoms with Gasteiger partial charge in [-0.05, 0) is 25.3 Å². The fourth-order valence-corrected chi connectivity index (χ4v) is 0.726. The molecule has 1 atom stereocenters. The fraction of sp³-hybridized carbons (Fsp3) is 0.857. The molecule has 0 aliphatic rings. The third-order valence-corrected chi connectivity index (χ3v) is 1.54. The first-order chi connectivity index (χ1) is 6.41. The Kier molecular flexibility index (Phi) is 18.5. The number of unbranched alkanes of at least 4 members (excludes halogenated alkanes) is 1. The zero-order valence-corrected chi connectivity index (χ0v) is 11.5. The minimum atomic E-state index is -1.50. The van der Waals surface area contributed by atoms with Crippen molar-refractivity contribution in [1.82, 2.24) is 0 Å². The third-order valence-electron chi connectivity index (χ3n) is 1.54. The summed E-state index contributed by atoms with van der Waals surface area (Å²) in [6.45, 7) is 2.46. The average molecular weight is 295 g/mol. The Morgan fingerprint density at radius 2 is 2.00 bits per heavy atom. The zero-order valence-electron chi connectivity index (χ0n) is 8.68. The quantitative estimate of drug-likeness (QED) is 0.443. The molecule has 15 heavy (non-hydrogen) atoms. The molecule has 7 nitrogen and oxygen atoms in total. The first kappa shape index (κ1) is 20.2. The summed E-state index contributed by atoms with van der Waals surface area (Å²) in [4.78, 5) is 18.7. The summed E-state index contributed by atoms with van der Waals surface area (Å²) in [5.74, 6) is -0.566. The van der Waals surface area contributed by atoms with Gasteiger partial charge in [-0.2, -0.15) is 0 Å². The summed E-state index contributed by atoms with van der Waals surface area (Å²) in [6.07, 6.45) is 2.72. The van der Waals surface area contributed by atoms with E-state index in [-0.39, 0.29) is 38.6 Å². The van der Waals surface area contributed by atoms with Crippen molar-refractivity contribution in [3.63, 3.8) is 0 Å². The van der Waals surface area contributed by atoms with Crippen molar-refractivity contribution in [2.24, 2.45) is 11.7 Å². The van der Waals surface area contributed by atoms with Crippen LogP contribution in [-0.2, 0) is 37.5 Å². The summed E-state index contributed by atoms with van der Waals surface area (Å²) in [5, 5.41) is 13.6. The summed E-state index contributed by atoms with van der Waals surface area (Å²) >= 11 is 0. The van der Waals surface area contributed by atoms with E-state index in [0.717, 1.165) is 19.3 Å². The molecule has 8 heteroatoms. The van der Waals surface area contributed by atoms with E-state index in [1.165, 1.54) is 0 Å². The maximum atomic E-state index is 10.4. The molecular weight excluding hydrogens is 279 g/mol. The number of hydrogen-bond acceptors (Lipinski definition) is 4. The predicted molar refractivity (Wildman–Crippen MR) is 50.2 cm³/mol. The Morgan fingerprint density at radius 3 is 2.27 bits per heavy atom. The summed E-state index contributed by atoms with van der Waals surface area (Å²) < 4.78 is 0. The molecule has 0 aromatic carbocycles. The smallest absolute Gasteiger partial charge is 0.291 e. The minimum absolute atomic E-state index is 0. The van der Waals surface area contributed by atoms with Gasteiger partial charge in [-0.15, -0.1) is 10.1 Å². The Balaban J connectivity index is -0.000000249. The first-order valence-corrected chi connectivity index (χ1v) is 4.20. The van der Waals surface area contributed by atoms with Crippen LogP contribution in [0.4, 0.5) is 0 Å². The van der Waals surface area contributed by atoms with E-state index in [2.05, 4.69) is 0 Å². The van der Waals surface area contributed by atoms with Crippen molar-refractivity contribution in [3.05, 3.63) is 15.8 Å². The van der Waals surface area contributed by atoms with E-state index in [1.54, 1.807) is 6.92 Å². The Hall–Kier alpha value is -0.266. The number of carbonyl (C=O) groups is 1. The van der Waals surface area contributed by atoms with Gasteiger partial charge in [-0.3, -0.25) is 0 Å². The van der Waals surface area contributed by atoms with Crippen molar-refractivity contribution in [2.45, 2.75) is 26.2 Å². The van der Waals surface area contributed by atoms with Crippen LogP contribution < -0.4 is 5.73 Å². The number of hydrogen-bond donors (Lipinski definition) is 2. The van der Waals surface area contributed by atoms with E-state index in [4.69, 9.17) is 26.8 Å². The molecule has 87 valence electrons. The topological polar surface area (TPSA) is 130 Å². The second kappa shape index (κ2) is 13.7. The van der Waals surface area contributed by atoms with Gasteiger partial charge in [-0.1, -0.05) is 13.3 Å². The van der Waals surface area contributed by atoms with Crippen LogP contribution in [0, 0.1) is 16.0 Å². The Morgan fingerprint density at radius 1 is 1.60 bits per heavy atom. The van der Waals surface area contributed by atoms with Gasteiger partial charge >= 0.3 is 0 Å². The number of carbonyl (C=O) groups excluding carboxylic acids is 1. The Labute approximate surface area is 114 Å². The van der Waals surface area contributed by atoms with E-state index in [0.29, 0.717) is 6.54 Å². The third kappa shape index (κ3) is 24.8. The molecule has 1 amide bonds. The van der Waals surface area contributed by atoms with Gasteiger partial charge in [0, 0.05) is 32.7 Å². The molecule has 0 rings (SSSR count). The molecule has 4 N–H and O–H groups in total. The maximum Gasteiger partial charge on any atom is 0.291 e. The molecule has 0 fully saturated rings. The number of rotatable bonds is 5. The molecule has 0 aromatic heterocycles. The van der Waals surface area contributed by atoms with E-state index in [1.807, 2.05) is 0 Å². The number of amides is 1. The number of nitrogens with one attached hydrogen (secondary N) is 1. The molecule has 0 saturated heterocycles. The molecular formula is C7H16N3O4Y-. The van der Waals surface area contributed by atoms with E-state index < -0.39 is 11.0 Å². The van der Waals surface area contributed by atoms with Crippen molar-refractivity contribution in [1.29, 1.82) is 0 Å². The molecule has 0 saturated carbocycles. The van der Waals surface area contributed by atoms with Crippen molar-refractivity contribution in [2.75, 3.05) is 6.54 Å². The number of nitrogens with zero attached hydrogens (tertiary/aromatic N) is 1. The summed E-state index contributed by atoms with van der Waals surface area (Å²) in [6, 6.07) is 0. The van der Waals surface area contributed by atoms with Crippen LogP contribution in [0.15, 0.2) is 0 Å². The van der Waals surface area contributed by atoms with E-state index >= 15 is 0 Å². The first-order valence-electron chi connectivity index (χ1n) is 4.20. The number of nitrogens with two attached hydrogens (primary N) is 1. The molecule has 0 heterocycles. The van der Waals surface area contributed by atoms with Crippen LogP contribution in [0.1, 0.15) is 26.2 Å². The van der Waals surface area contributed by atoms with Gasteiger partial charge in [0.2, 0.25) is 0 Å². The molecule has 0 aliphatic carbocycles. The van der Waals surface area contributed by atoms with Gasteiger partial charge in [0.15, 0.2) is 0 Å². The van der Waals surface area contributed by atoms with Crippen LogP contribution in [-0.4, -0.2) is 22.7 Å². The second-order valence-corrected chi connectivity index (χ2v) is 2.79. The average Bonchev–Trinajstić information content (AvgIpc) is 2.03. The molecule has 1 radical (unpaired) electrons. The SMILES string of the molecule is CC(CCCCN)C([NH-])=O.O=[N+]([O-])O.[Y]. The van der Waals surface area contributed by atoms with E-state index in [9.17, 15) is 4.79 Å². The van der Waals surface area contributed by atoms with Crippen LogP contribution in [0.2, 0.25) is 0 Å². The van der Waals surface area contributed by atoms with Gasteiger partial charge in [0.1, 0.15) is 0 Å².